The molecule has 5 nitrogen and oxygen atoms in total. The molecule has 1 aromatic heterocycles. The van der Waals surface area contributed by atoms with E-state index in [0.29, 0.717) is 17.9 Å². The minimum absolute atomic E-state index is 0.0277. The van der Waals surface area contributed by atoms with Gasteiger partial charge in [-0.3, -0.25) is 9.69 Å². The Bertz CT molecular complexity index is 760. The highest BCUT2D eigenvalue weighted by molar-refractivity contribution is 7.10. The third-order valence-electron chi connectivity index (χ3n) is 4.98. The first-order valence-electron chi connectivity index (χ1n) is 9.33. The molecule has 6 heteroatoms. The van der Waals surface area contributed by atoms with Gasteiger partial charge in [0.05, 0.1) is 17.7 Å². The maximum atomic E-state index is 12.2. The van der Waals surface area contributed by atoms with E-state index in [4.69, 9.17) is 10.00 Å². The molecule has 142 valence electrons. The summed E-state index contributed by atoms with van der Waals surface area (Å²) < 4.78 is 5.52. The molecule has 1 unspecified atom stereocenters. The monoisotopic (exact) mass is 383 g/mol. The van der Waals surface area contributed by atoms with E-state index in [2.05, 4.69) is 40.7 Å². The van der Waals surface area contributed by atoms with Gasteiger partial charge in [-0.2, -0.15) is 5.26 Å². The van der Waals surface area contributed by atoms with Crippen molar-refractivity contribution in [1.29, 1.82) is 5.26 Å². The lowest BCUT2D eigenvalue weighted by Crippen LogP contribution is -2.42. The molecule has 1 saturated heterocycles. The predicted octanol–water partition coefficient (Wildman–Crippen LogP) is 3.59. The molecular weight excluding hydrogens is 358 g/mol. The Balaban J connectivity index is 1.51. The largest absolute Gasteiger partial charge is 0.484 e. The topological polar surface area (TPSA) is 65.4 Å². The van der Waals surface area contributed by atoms with Crippen LogP contribution in [0.1, 0.15) is 36.2 Å². The summed E-state index contributed by atoms with van der Waals surface area (Å²) in [6.45, 7) is 5.01. The zero-order valence-electron chi connectivity index (χ0n) is 15.6. The molecule has 1 aromatic carbocycles. The van der Waals surface area contributed by atoms with Crippen molar-refractivity contribution in [3.05, 3.63) is 52.2 Å². The standard InChI is InChI=1S/C21H25N3O2S/c1-16-8-10-24(11-9-16)19(20-3-2-12-27-20)14-23-21(25)15-26-18-6-4-17(13-22)5-7-18/h2-7,12,16,19H,8-11,14-15H2,1H3,(H,23,25). The molecule has 2 heterocycles. The Kier molecular flexibility index (Phi) is 6.86. The lowest BCUT2D eigenvalue weighted by molar-refractivity contribution is -0.123. The number of ether oxygens (including phenoxy) is 1. The van der Waals surface area contributed by atoms with Crippen LogP contribution in [0.4, 0.5) is 0 Å². The molecule has 0 radical (unpaired) electrons. The van der Waals surface area contributed by atoms with Gasteiger partial charge in [0.2, 0.25) is 0 Å². The quantitative estimate of drug-likeness (QED) is 0.794. The molecule has 0 saturated carbocycles. The molecule has 3 rings (SSSR count). The van der Waals surface area contributed by atoms with Crippen LogP contribution in [0.3, 0.4) is 0 Å². The Hall–Kier alpha value is -2.36. The smallest absolute Gasteiger partial charge is 0.258 e. The van der Waals surface area contributed by atoms with Crippen molar-refractivity contribution in [1.82, 2.24) is 10.2 Å². The number of amides is 1. The molecule has 1 atom stereocenters. The summed E-state index contributed by atoms with van der Waals surface area (Å²) >= 11 is 1.74. The predicted molar refractivity (Wildman–Crippen MR) is 107 cm³/mol. The zero-order valence-corrected chi connectivity index (χ0v) is 16.4. The van der Waals surface area contributed by atoms with Crippen LogP contribution in [0, 0.1) is 17.2 Å². The van der Waals surface area contributed by atoms with Gasteiger partial charge in [-0.05, 0) is 67.6 Å². The highest BCUT2D eigenvalue weighted by Crippen LogP contribution is 2.29. The molecular formula is C21H25N3O2S. The summed E-state index contributed by atoms with van der Waals surface area (Å²) in [5, 5.41) is 13.9. The van der Waals surface area contributed by atoms with Crippen LogP contribution in [0.2, 0.25) is 0 Å². The van der Waals surface area contributed by atoms with E-state index in [1.165, 1.54) is 17.7 Å². The molecule has 1 aliphatic heterocycles. The first-order valence-corrected chi connectivity index (χ1v) is 10.2. The van der Waals surface area contributed by atoms with Crippen LogP contribution in [0.25, 0.3) is 0 Å². The first-order chi connectivity index (χ1) is 13.2. The zero-order chi connectivity index (χ0) is 19.1. The van der Waals surface area contributed by atoms with E-state index in [0.717, 1.165) is 19.0 Å². The van der Waals surface area contributed by atoms with Crippen molar-refractivity contribution in [2.75, 3.05) is 26.2 Å². The maximum Gasteiger partial charge on any atom is 0.258 e. The molecule has 0 spiro atoms. The van der Waals surface area contributed by atoms with Gasteiger partial charge in [-0.25, -0.2) is 0 Å². The van der Waals surface area contributed by atoms with Crippen molar-refractivity contribution in [2.45, 2.75) is 25.8 Å². The van der Waals surface area contributed by atoms with Crippen LogP contribution in [-0.2, 0) is 4.79 Å². The lowest BCUT2D eigenvalue weighted by Gasteiger charge is -2.36. The highest BCUT2D eigenvalue weighted by Gasteiger charge is 2.25. The number of piperidine rings is 1. The van der Waals surface area contributed by atoms with Crippen LogP contribution in [-0.4, -0.2) is 37.0 Å². The third kappa shape index (κ3) is 5.56. The number of hydrogen-bond donors (Lipinski definition) is 1. The SMILES string of the molecule is CC1CCN(C(CNC(=O)COc2ccc(C#N)cc2)c2cccs2)CC1. The second kappa shape index (κ2) is 9.54. The number of thiophene rings is 1. The van der Waals surface area contributed by atoms with Gasteiger partial charge in [-0.1, -0.05) is 13.0 Å². The van der Waals surface area contributed by atoms with E-state index in [1.54, 1.807) is 35.6 Å². The summed E-state index contributed by atoms with van der Waals surface area (Å²) in [7, 11) is 0. The Morgan fingerprint density at radius 3 is 2.70 bits per heavy atom. The molecule has 2 aromatic rings. The van der Waals surface area contributed by atoms with E-state index < -0.39 is 0 Å². The number of rotatable bonds is 7. The molecule has 1 N–H and O–H groups in total. The van der Waals surface area contributed by atoms with Crippen LogP contribution >= 0.6 is 11.3 Å². The fourth-order valence-electron chi connectivity index (χ4n) is 3.27. The molecule has 0 aliphatic carbocycles. The van der Waals surface area contributed by atoms with E-state index in [-0.39, 0.29) is 18.6 Å². The highest BCUT2D eigenvalue weighted by atomic mass is 32.1. The van der Waals surface area contributed by atoms with Crippen molar-refractivity contribution < 1.29 is 9.53 Å². The van der Waals surface area contributed by atoms with Gasteiger partial charge < -0.3 is 10.1 Å². The van der Waals surface area contributed by atoms with Gasteiger partial charge in [0, 0.05) is 11.4 Å². The summed E-state index contributed by atoms with van der Waals surface area (Å²) in [5.41, 5.74) is 0.571. The Morgan fingerprint density at radius 2 is 2.07 bits per heavy atom. The van der Waals surface area contributed by atoms with Crippen LogP contribution in [0.5, 0.6) is 5.75 Å². The summed E-state index contributed by atoms with van der Waals surface area (Å²) in [4.78, 5) is 16.0. The summed E-state index contributed by atoms with van der Waals surface area (Å²) in [6, 6.07) is 13.3. The lowest BCUT2D eigenvalue weighted by atomic mass is 9.97. The summed E-state index contributed by atoms with van der Waals surface area (Å²) in [6.07, 6.45) is 2.41. The minimum atomic E-state index is -0.133. The molecule has 27 heavy (non-hydrogen) atoms. The minimum Gasteiger partial charge on any atom is -0.484 e. The second-order valence-electron chi connectivity index (χ2n) is 6.98. The van der Waals surface area contributed by atoms with E-state index >= 15 is 0 Å². The molecule has 0 bridgehead atoms. The number of carbonyl (C=O) groups excluding carboxylic acids is 1. The number of benzene rings is 1. The van der Waals surface area contributed by atoms with Crippen molar-refractivity contribution in [3.63, 3.8) is 0 Å². The van der Waals surface area contributed by atoms with Gasteiger partial charge in [0.25, 0.3) is 5.91 Å². The van der Waals surface area contributed by atoms with Gasteiger partial charge >= 0.3 is 0 Å². The molecule has 1 fully saturated rings. The third-order valence-corrected chi connectivity index (χ3v) is 5.95. The number of nitriles is 1. The number of nitrogens with zero attached hydrogens (tertiary/aromatic N) is 2. The number of carbonyl (C=O) groups is 1. The number of likely N-dealkylation sites (tertiary alicyclic amines) is 1. The molecule has 1 aliphatic rings. The van der Waals surface area contributed by atoms with Crippen LogP contribution in [0.15, 0.2) is 41.8 Å². The van der Waals surface area contributed by atoms with Gasteiger partial charge in [0.1, 0.15) is 5.75 Å². The number of nitrogens with one attached hydrogen (secondary N) is 1. The fraction of sp³-hybridized carbons (Fsp3) is 0.429. The fourth-order valence-corrected chi connectivity index (χ4v) is 4.13. The average molecular weight is 384 g/mol. The average Bonchev–Trinajstić information content (AvgIpc) is 3.23. The van der Waals surface area contributed by atoms with Gasteiger partial charge in [0.15, 0.2) is 6.61 Å². The van der Waals surface area contributed by atoms with Crippen LogP contribution < -0.4 is 10.1 Å². The van der Waals surface area contributed by atoms with Gasteiger partial charge in [-0.15, -0.1) is 11.3 Å². The molecule has 1 amide bonds. The van der Waals surface area contributed by atoms with E-state index in [1.807, 2.05) is 0 Å². The van der Waals surface area contributed by atoms with Crippen molar-refractivity contribution >= 4 is 17.2 Å². The first kappa shape index (κ1) is 19.4. The Labute approximate surface area is 164 Å². The Morgan fingerprint density at radius 1 is 1.33 bits per heavy atom. The van der Waals surface area contributed by atoms with Crippen molar-refractivity contribution in [2.24, 2.45) is 5.92 Å². The number of hydrogen-bond acceptors (Lipinski definition) is 5. The summed E-state index contributed by atoms with van der Waals surface area (Å²) in [5.74, 6) is 1.23. The van der Waals surface area contributed by atoms with Crippen molar-refractivity contribution in [3.8, 4) is 11.8 Å². The second-order valence-corrected chi connectivity index (χ2v) is 7.96. The normalized spacial score (nSPS) is 16.4. The maximum absolute atomic E-state index is 12.2. The van der Waals surface area contributed by atoms with E-state index in [9.17, 15) is 4.79 Å².